The minimum absolute atomic E-state index is 0.198. The van der Waals surface area contributed by atoms with Gasteiger partial charge in [0.05, 0.1) is 0 Å². The van der Waals surface area contributed by atoms with Crippen molar-refractivity contribution in [3.8, 4) is 0 Å². The monoisotopic (exact) mass is 175 g/mol. The third-order valence-electron chi connectivity index (χ3n) is 2.00. The van der Waals surface area contributed by atoms with E-state index < -0.39 is 0 Å². The van der Waals surface area contributed by atoms with Gasteiger partial charge < -0.3 is 4.98 Å². The lowest BCUT2D eigenvalue weighted by atomic mass is 10.2. The zero-order valence-corrected chi connectivity index (χ0v) is 7.18. The van der Waals surface area contributed by atoms with E-state index in [0.717, 1.165) is 23.0 Å². The lowest BCUT2D eigenvalue weighted by Crippen LogP contribution is -1.77. The molecular weight excluding hydrogens is 165 g/mol. The molecule has 0 fully saturated rings. The maximum atomic E-state index is 12.8. The smallest absolute Gasteiger partial charge is 0.123 e. The predicted molar refractivity (Wildman–Crippen MR) is 52.2 cm³/mol. The van der Waals surface area contributed by atoms with E-state index in [1.807, 2.05) is 12.1 Å². The van der Waals surface area contributed by atoms with Gasteiger partial charge in [0.25, 0.3) is 0 Å². The lowest BCUT2D eigenvalue weighted by Gasteiger charge is -1.88. The number of aromatic amines is 1. The molecule has 0 radical (unpaired) electrons. The molecule has 1 aromatic heterocycles. The topological polar surface area (TPSA) is 15.8 Å². The van der Waals surface area contributed by atoms with Crippen LogP contribution in [0.4, 0.5) is 4.39 Å². The Morgan fingerprint density at radius 2 is 2.23 bits per heavy atom. The Labute approximate surface area is 75.9 Å². The van der Waals surface area contributed by atoms with Crippen LogP contribution in [0.1, 0.15) is 5.69 Å². The number of aromatic nitrogens is 1. The van der Waals surface area contributed by atoms with Gasteiger partial charge in [0.15, 0.2) is 0 Å². The van der Waals surface area contributed by atoms with Crippen molar-refractivity contribution < 1.29 is 4.39 Å². The second kappa shape index (κ2) is 3.05. The van der Waals surface area contributed by atoms with Crippen LogP contribution in [0.3, 0.4) is 0 Å². The zero-order valence-electron chi connectivity index (χ0n) is 7.18. The van der Waals surface area contributed by atoms with Gasteiger partial charge in [-0.2, -0.15) is 0 Å². The SMILES string of the molecule is C=CCc1cc2cc(F)ccc2[nH]1. The van der Waals surface area contributed by atoms with Gasteiger partial charge in [0, 0.05) is 23.0 Å². The van der Waals surface area contributed by atoms with Crippen LogP contribution in [0.25, 0.3) is 10.9 Å². The fourth-order valence-electron chi connectivity index (χ4n) is 1.43. The Morgan fingerprint density at radius 3 is 3.00 bits per heavy atom. The molecule has 0 saturated carbocycles. The Bertz CT molecular complexity index is 442. The van der Waals surface area contributed by atoms with Gasteiger partial charge >= 0.3 is 0 Å². The molecule has 2 rings (SSSR count). The first-order chi connectivity index (χ1) is 6.29. The molecule has 0 aliphatic heterocycles. The van der Waals surface area contributed by atoms with E-state index >= 15 is 0 Å². The van der Waals surface area contributed by atoms with Crippen molar-refractivity contribution in [2.45, 2.75) is 6.42 Å². The first kappa shape index (κ1) is 8.05. The Kier molecular flexibility index (Phi) is 1.89. The molecule has 13 heavy (non-hydrogen) atoms. The summed E-state index contributed by atoms with van der Waals surface area (Å²) in [5.74, 6) is -0.198. The van der Waals surface area contributed by atoms with Crippen LogP contribution in [0.15, 0.2) is 36.9 Å². The normalized spacial score (nSPS) is 10.5. The molecule has 2 aromatic rings. The minimum atomic E-state index is -0.198. The van der Waals surface area contributed by atoms with Crippen LogP contribution in [0, 0.1) is 5.82 Å². The van der Waals surface area contributed by atoms with Crippen molar-refractivity contribution in [2.75, 3.05) is 0 Å². The van der Waals surface area contributed by atoms with Crippen LogP contribution >= 0.6 is 0 Å². The van der Waals surface area contributed by atoms with Crippen molar-refractivity contribution in [2.24, 2.45) is 0 Å². The van der Waals surface area contributed by atoms with Crippen LogP contribution in [-0.4, -0.2) is 4.98 Å². The molecule has 0 aliphatic rings. The summed E-state index contributed by atoms with van der Waals surface area (Å²) in [6.45, 7) is 3.65. The van der Waals surface area contributed by atoms with Crippen LogP contribution in [-0.2, 0) is 6.42 Å². The highest BCUT2D eigenvalue weighted by Crippen LogP contribution is 2.16. The van der Waals surface area contributed by atoms with Crippen molar-refractivity contribution >= 4 is 10.9 Å². The quantitative estimate of drug-likeness (QED) is 0.675. The first-order valence-electron chi connectivity index (χ1n) is 4.17. The summed E-state index contributed by atoms with van der Waals surface area (Å²) in [6.07, 6.45) is 2.61. The van der Waals surface area contributed by atoms with Crippen molar-refractivity contribution in [1.29, 1.82) is 0 Å². The third-order valence-corrected chi connectivity index (χ3v) is 2.00. The second-order valence-electron chi connectivity index (χ2n) is 3.02. The number of nitrogens with one attached hydrogen (secondary N) is 1. The predicted octanol–water partition coefficient (Wildman–Crippen LogP) is 3.04. The lowest BCUT2D eigenvalue weighted by molar-refractivity contribution is 0.630. The van der Waals surface area contributed by atoms with E-state index in [2.05, 4.69) is 11.6 Å². The molecule has 0 unspecified atom stereocenters. The molecule has 0 aliphatic carbocycles. The molecule has 0 spiro atoms. The van der Waals surface area contributed by atoms with Crippen molar-refractivity contribution in [3.05, 3.63) is 48.4 Å². The standard InChI is InChI=1S/C11H10FN/c1-2-3-10-7-8-6-9(12)4-5-11(8)13-10/h2,4-7,13H,1,3H2. The maximum Gasteiger partial charge on any atom is 0.123 e. The second-order valence-corrected chi connectivity index (χ2v) is 3.02. The fourth-order valence-corrected chi connectivity index (χ4v) is 1.43. The van der Waals surface area contributed by atoms with Gasteiger partial charge in [-0.25, -0.2) is 4.39 Å². The Balaban J connectivity index is 2.55. The summed E-state index contributed by atoms with van der Waals surface area (Å²) in [6, 6.07) is 6.67. The van der Waals surface area contributed by atoms with Gasteiger partial charge in [0.2, 0.25) is 0 Å². The number of allylic oxidation sites excluding steroid dienone is 1. The van der Waals surface area contributed by atoms with Gasteiger partial charge in [-0.15, -0.1) is 6.58 Å². The molecule has 0 bridgehead atoms. The molecule has 0 amide bonds. The van der Waals surface area contributed by atoms with Crippen LogP contribution in [0.5, 0.6) is 0 Å². The molecule has 66 valence electrons. The number of H-pyrrole nitrogens is 1. The number of hydrogen-bond donors (Lipinski definition) is 1. The van der Waals surface area contributed by atoms with Crippen molar-refractivity contribution in [1.82, 2.24) is 4.98 Å². The molecule has 0 atom stereocenters. The molecule has 1 nitrogen and oxygen atoms in total. The maximum absolute atomic E-state index is 12.8. The highest BCUT2D eigenvalue weighted by Gasteiger charge is 1.99. The van der Waals surface area contributed by atoms with Gasteiger partial charge in [-0.3, -0.25) is 0 Å². The summed E-state index contributed by atoms with van der Waals surface area (Å²) in [5, 5.41) is 0.914. The largest absolute Gasteiger partial charge is 0.358 e. The Hall–Kier alpha value is -1.57. The Morgan fingerprint density at radius 1 is 1.38 bits per heavy atom. The summed E-state index contributed by atoms with van der Waals surface area (Å²) in [4.78, 5) is 3.19. The summed E-state index contributed by atoms with van der Waals surface area (Å²) in [5.41, 5.74) is 2.04. The van der Waals surface area contributed by atoms with Gasteiger partial charge in [0.1, 0.15) is 5.82 Å². The molecule has 1 aromatic carbocycles. The van der Waals surface area contributed by atoms with E-state index in [9.17, 15) is 4.39 Å². The number of rotatable bonds is 2. The van der Waals surface area contributed by atoms with Crippen LogP contribution < -0.4 is 0 Å². The van der Waals surface area contributed by atoms with E-state index in [1.54, 1.807) is 6.07 Å². The molecule has 0 saturated heterocycles. The van der Waals surface area contributed by atoms with Crippen molar-refractivity contribution in [3.63, 3.8) is 0 Å². The molecule has 1 heterocycles. The first-order valence-corrected chi connectivity index (χ1v) is 4.17. The highest BCUT2D eigenvalue weighted by atomic mass is 19.1. The van der Waals surface area contributed by atoms with Crippen LogP contribution in [0.2, 0.25) is 0 Å². The number of hydrogen-bond acceptors (Lipinski definition) is 0. The van der Waals surface area contributed by atoms with Gasteiger partial charge in [-0.1, -0.05) is 6.08 Å². The zero-order chi connectivity index (χ0) is 9.26. The average molecular weight is 175 g/mol. The van der Waals surface area contributed by atoms with Gasteiger partial charge in [-0.05, 0) is 24.3 Å². The number of fused-ring (bicyclic) bond motifs is 1. The highest BCUT2D eigenvalue weighted by molar-refractivity contribution is 5.80. The minimum Gasteiger partial charge on any atom is -0.358 e. The van der Waals surface area contributed by atoms with E-state index in [-0.39, 0.29) is 5.82 Å². The summed E-state index contributed by atoms with van der Waals surface area (Å²) < 4.78 is 12.8. The molecular formula is C11H10FN. The summed E-state index contributed by atoms with van der Waals surface area (Å²) in [7, 11) is 0. The molecule has 1 N–H and O–H groups in total. The molecule has 2 heteroatoms. The summed E-state index contributed by atoms with van der Waals surface area (Å²) >= 11 is 0. The van der Waals surface area contributed by atoms with E-state index in [4.69, 9.17) is 0 Å². The van der Waals surface area contributed by atoms with E-state index in [0.29, 0.717) is 0 Å². The fraction of sp³-hybridized carbons (Fsp3) is 0.0909. The number of halogens is 1. The average Bonchev–Trinajstić information content (AvgIpc) is 2.46. The van der Waals surface area contributed by atoms with E-state index in [1.165, 1.54) is 12.1 Å². The third kappa shape index (κ3) is 1.47. The number of benzene rings is 1.